The Bertz CT molecular complexity index is 276. The molecule has 1 rings (SSSR count). The van der Waals surface area contributed by atoms with Crippen LogP contribution in [0.25, 0.3) is 0 Å². The number of benzene rings is 1. The van der Waals surface area contributed by atoms with Gasteiger partial charge < -0.3 is 10.4 Å². The van der Waals surface area contributed by atoms with E-state index in [0.717, 1.165) is 0 Å². The Kier molecular flexibility index (Phi) is 6.53. The number of carboxylic acid groups (broad SMARTS) is 1. The number of rotatable bonds is 3. The van der Waals surface area contributed by atoms with Crippen molar-refractivity contribution in [2.45, 2.75) is 0 Å². The van der Waals surface area contributed by atoms with Gasteiger partial charge in [0.1, 0.15) is 12.4 Å². The van der Waals surface area contributed by atoms with Gasteiger partial charge in [-0.15, -0.1) is 0 Å². The van der Waals surface area contributed by atoms with Gasteiger partial charge in [-0.2, -0.15) is 0 Å². The van der Waals surface area contributed by atoms with Crippen molar-refractivity contribution in [3.8, 4) is 0 Å². The summed E-state index contributed by atoms with van der Waals surface area (Å²) in [6.45, 7) is -0.161. The van der Waals surface area contributed by atoms with E-state index in [1.165, 1.54) is 24.3 Å². The molecule has 0 aromatic heterocycles. The molecule has 0 atom stereocenters. The monoisotopic (exact) mass is 209 g/mol. The summed E-state index contributed by atoms with van der Waals surface area (Å²) in [5.74, 6) is -1.28. The van der Waals surface area contributed by atoms with Crippen LogP contribution in [0.2, 0.25) is 0 Å². The third kappa shape index (κ3) is 5.38. The van der Waals surface area contributed by atoms with Crippen LogP contribution in [0.15, 0.2) is 24.3 Å². The third-order valence-electron chi connectivity index (χ3n) is 1.29. The van der Waals surface area contributed by atoms with Crippen LogP contribution in [0.3, 0.4) is 0 Å². The fourth-order valence-electron chi connectivity index (χ4n) is 0.745. The molecule has 0 aliphatic carbocycles. The number of nitrogens with one attached hydrogen (secondary N) is 1. The average molecular weight is 209 g/mol. The number of carboxylic acids is 1. The van der Waals surface area contributed by atoms with Gasteiger partial charge in [0.2, 0.25) is 0 Å². The summed E-state index contributed by atoms with van der Waals surface area (Å²) in [6, 6.07) is 5.50. The van der Waals surface area contributed by atoms with Crippen molar-refractivity contribution in [3.05, 3.63) is 30.1 Å². The normalized spacial score (nSPS) is 8.69. The topological polar surface area (TPSA) is 49.3 Å². The van der Waals surface area contributed by atoms with Gasteiger partial charge in [-0.05, 0) is 24.3 Å². The number of hydrogen-bond acceptors (Lipinski definition) is 2. The molecule has 0 fully saturated rings. The molecule has 0 spiro atoms. The first-order valence-corrected chi connectivity index (χ1v) is 3.40. The molecule has 0 aliphatic rings. The standard InChI is InChI=1S/C8H8FNO2.K.H/c9-6-1-3-7(4-2-6)10-5-8(11)12;;/h1-4,10H,5H2,(H,11,12);;. The van der Waals surface area contributed by atoms with E-state index in [0.29, 0.717) is 5.69 Å². The molecule has 2 N–H and O–H groups in total. The molecule has 13 heavy (non-hydrogen) atoms. The third-order valence-corrected chi connectivity index (χ3v) is 1.29. The van der Waals surface area contributed by atoms with E-state index in [-0.39, 0.29) is 63.7 Å². The minimum absolute atomic E-state index is 0. The molecule has 1 aromatic rings. The summed E-state index contributed by atoms with van der Waals surface area (Å²) in [5, 5.41) is 10.9. The second-order valence-corrected chi connectivity index (χ2v) is 2.25. The van der Waals surface area contributed by atoms with E-state index >= 15 is 0 Å². The Hall–Kier alpha value is 0.0564. The van der Waals surface area contributed by atoms with E-state index in [1.54, 1.807) is 0 Å². The molecule has 0 bridgehead atoms. The fraction of sp³-hybridized carbons (Fsp3) is 0.125. The maximum absolute atomic E-state index is 12.3. The first-order valence-electron chi connectivity index (χ1n) is 3.40. The first-order chi connectivity index (χ1) is 5.68. The van der Waals surface area contributed by atoms with Crippen molar-refractivity contribution in [1.82, 2.24) is 0 Å². The second kappa shape index (κ2) is 6.50. The Morgan fingerprint density at radius 3 is 2.38 bits per heavy atom. The zero-order valence-electron chi connectivity index (χ0n) is 6.25. The molecule has 0 radical (unpaired) electrons. The predicted octanol–water partition coefficient (Wildman–Crippen LogP) is 0.674. The molecule has 3 nitrogen and oxygen atoms in total. The van der Waals surface area contributed by atoms with Gasteiger partial charge in [0, 0.05) is 5.69 Å². The average Bonchev–Trinajstić information content (AvgIpc) is 2.03. The molecule has 0 saturated carbocycles. The van der Waals surface area contributed by atoms with Gasteiger partial charge in [0.25, 0.3) is 0 Å². The van der Waals surface area contributed by atoms with Gasteiger partial charge in [0.05, 0.1) is 0 Å². The van der Waals surface area contributed by atoms with Crippen LogP contribution in [-0.2, 0) is 4.79 Å². The van der Waals surface area contributed by atoms with E-state index in [9.17, 15) is 9.18 Å². The van der Waals surface area contributed by atoms with E-state index in [1.807, 2.05) is 0 Å². The summed E-state index contributed by atoms with van der Waals surface area (Å²) < 4.78 is 12.3. The van der Waals surface area contributed by atoms with Crippen LogP contribution in [-0.4, -0.2) is 69.0 Å². The fourth-order valence-corrected chi connectivity index (χ4v) is 0.745. The van der Waals surface area contributed by atoms with Crippen LogP contribution in [0, 0.1) is 5.82 Å². The Balaban J connectivity index is 0.00000144. The molecule has 0 saturated heterocycles. The van der Waals surface area contributed by atoms with Crippen LogP contribution in [0.4, 0.5) is 10.1 Å². The van der Waals surface area contributed by atoms with Crippen molar-refractivity contribution < 1.29 is 14.3 Å². The summed E-state index contributed by atoms with van der Waals surface area (Å²) in [7, 11) is 0. The molecular formula is C8H9FKNO2. The predicted molar refractivity (Wildman–Crippen MR) is 49.7 cm³/mol. The Labute approximate surface area is 118 Å². The summed E-state index contributed by atoms with van der Waals surface area (Å²) in [4.78, 5) is 10.1. The van der Waals surface area contributed by atoms with E-state index in [4.69, 9.17) is 5.11 Å². The van der Waals surface area contributed by atoms with E-state index < -0.39 is 5.97 Å². The number of carbonyl (C=O) groups is 1. The SMILES string of the molecule is O=C(O)CNc1ccc(F)cc1.[KH]. The Morgan fingerprint density at radius 1 is 1.38 bits per heavy atom. The summed E-state index contributed by atoms with van der Waals surface area (Å²) in [6.07, 6.45) is 0. The number of hydrogen-bond donors (Lipinski definition) is 2. The maximum atomic E-state index is 12.3. The van der Waals surface area contributed by atoms with Gasteiger partial charge in [0.15, 0.2) is 0 Å². The van der Waals surface area contributed by atoms with E-state index in [2.05, 4.69) is 5.32 Å². The number of anilines is 1. The van der Waals surface area contributed by atoms with Crippen LogP contribution < -0.4 is 5.32 Å². The van der Waals surface area contributed by atoms with Crippen molar-refractivity contribution in [2.24, 2.45) is 0 Å². The molecule has 0 amide bonds. The van der Waals surface area contributed by atoms with Crippen molar-refractivity contribution >= 4 is 63.0 Å². The summed E-state index contributed by atoms with van der Waals surface area (Å²) in [5.41, 5.74) is 0.596. The molecule has 0 heterocycles. The Morgan fingerprint density at radius 2 is 1.92 bits per heavy atom. The van der Waals surface area contributed by atoms with Crippen molar-refractivity contribution in [3.63, 3.8) is 0 Å². The first kappa shape index (κ1) is 13.1. The van der Waals surface area contributed by atoms with Gasteiger partial charge in [-0.3, -0.25) is 4.79 Å². The van der Waals surface area contributed by atoms with Gasteiger partial charge in [-0.25, -0.2) is 4.39 Å². The molecular weight excluding hydrogens is 200 g/mol. The molecule has 0 unspecified atom stereocenters. The van der Waals surface area contributed by atoms with Crippen LogP contribution >= 0.6 is 0 Å². The summed E-state index contributed by atoms with van der Waals surface area (Å²) >= 11 is 0. The molecule has 0 aliphatic heterocycles. The quantitative estimate of drug-likeness (QED) is 0.719. The van der Waals surface area contributed by atoms with Crippen LogP contribution in [0.1, 0.15) is 0 Å². The van der Waals surface area contributed by atoms with Crippen molar-refractivity contribution in [1.29, 1.82) is 0 Å². The molecule has 1 aromatic carbocycles. The zero-order chi connectivity index (χ0) is 8.97. The number of halogens is 1. The van der Waals surface area contributed by atoms with Gasteiger partial charge >= 0.3 is 57.4 Å². The zero-order valence-corrected chi connectivity index (χ0v) is 6.25. The van der Waals surface area contributed by atoms with Crippen molar-refractivity contribution in [2.75, 3.05) is 11.9 Å². The number of aliphatic carboxylic acids is 1. The molecule has 5 heteroatoms. The second-order valence-electron chi connectivity index (χ2n) is 2.25. The molecule has 66 valence electrons. The van der Waals surface area contributed by atoms with Crippen LogP contribution in [0.5, 0.6) is 0 Å². The minimum atomic E-state index is -0.945. The van der Waals surface area contributed by atoms with Gasteiger partial charge in [-0.1, -0.05) is 0 Å².